The fourth-order valence-electron chi connectivity index (χ4n) is 2.39. The number of hydrogen-bond acceptors (Lipinski definition) is 8. The van der Waals surface area contributed by atoms with Crippen LogP contribution in [-0.4, -0.2) is 21.0 Å². The topological polar surface area (TPSA) is 92.9 Å². The van der Waals surface area contributed by atoms with Gasteiger partial charge in [0.15, 0.2) is 0 Å². The molecule has 1 aromatic carbocycles. The number of carbonyl (C=O) groups is 1. The predicted octanol–water partition coefficient (Wildman–Crippen LogP) is 4.24. The summed E-state index contributed by atoms with van der Waals surface area (Å²) in [6, 6.07) is 15.2. The summed E-state index contributed by atoms with van der Waals surface area (Å²) in [5, 5.41) is 5.93. The number of hydrazine groups is 1. The number of amides is 1. The van der Waals surface area contributed by atoms with Crippen LogP contribution in [0.1, 0.15) is 15.2 Å². The smallest absolute Gasteiger partial charge is 0.313 e. The lowest BCUT2D eigenvalue weighted by atomic mass is 10.2. The van der Waals surface area contributed by atoms with E-state index in [4.69, 9.17) is 4.52 Å². The van der Waals surface area contributed by atoms with Gasteiger partial charge in [-0.3, -0.25) is 15.2 Å². The maximum atomic E-state index is 12.6. The van der Waals surface area contributed by atoms with Gasteiger partial charge in [-0.25, -0.2) is 5.43 Å². The molecule has 2 N–H and O–H groups in total. The van der Waals surface area contributed by atoms with Gasteiger partial charge in [-0.15, -0.1) is 23.1 Å². The largest absolute Gasteiger partial charge is 0.340 e. The van der Waals surface area contributed by atoms with E-state index in [-0.39, 0.29) is 11.9 Å². The van der Waals surface area contributed by atoms with Crippen molar-refractivity contribution in [1.29, 1.82) is 0 Å². The number of nitrogens with one attached hydrogen (secondary N) is 2. The number of pyridine rings is 1. The van der Waals surface area contributed by atoms with Crippen LogP contribution in [0, 0.1) is 0 Å². The molecule has 1 amide bonds. The molecule has 0 fully saturated rings. The fraction of sp³-hybridized carbons (Fsp3) is 0.0526. The molecule has 4 aromatic rings. The molecule has 0 radical (unpaired) electrons. The molecular formula is C19H15N5O2S2. The van der Waals surface area contributed by atoms with E-state index in [2.05, 4.69) is 32.0 Å². The quantitative estimate of drug-likeness (QED) is 0.348. The second kappa shape index (κ2) is 8.68. The number of thioether (sulfide) groups is 1. The van der Waals surface area contributed by atoms with Crippen molar-refractivity contribution in [2.45, 2.75) is 10.6 Å². The van der Waals surface area contributed by atoms with Gasteiger partial charge in [-0.1, -0.05) is 23.4 Å². The van der Waals surface area contributed by atoms with Crippen molar-refractivity contribution < 1.29 is 9.32 Å². The third-order valence-electron chi connectivity index (χ3n) is 3.73. The van der Waals surface area contributed by atoms with Gasteiger partial charge in [0.05, 0.1) is 5.56 Å². The standard InChI is InChI=1S/C19H15N5O2S2/c25-18(15-5-1-2-6-16(15)28-12-14-4-3-11-27-14)22-23-19-21-17(24-26-19)13-7-9-20-10-8-13/h1-11H,12H2,(H,22,25)(H,21,23,24). The summed E-state index contributed by atoms with van der Waals surface area (Å²) in [7, 11) is 0. The lowest BCUT2D eigenvalue weighted by Gasteiger charge is -2.09. The van der Waals surface area contributed by atoms with Crippen LogP contribution in [0.25, 0.3) is 11.4 Å². The number of rotatable bonds is 7. The number of benzene rings is 1. The van der Waals surface area contributed by atoms with Crippen molar-refractivity contribution in [3.63, 3.8) is 0 Å². The van der Waals surface area contributed by atoms with E-state index >= 15 is 0 Å². The second-order valence-corrected chi connectivity index (χ2v) is 7.65. The molecular weight excluding hydrogens is 394 g/mol. The number of thiophene rings is 1. The Morgan fingerprint density at radius 2 is 1.96 bits per heavy atom. The van der Waals surface area contributed by atoms with Crippen molar-refractivity contribution in [2.24, 2.45) is 0 Å². The maximum Gasteiger partial charge on any atom is 0.340 e. The summed E-state index contributed by atoms with van der Waals surface area (Å²) >= 11 is 3.32. The summed E-state index contributed by atoms with van der Waals surface area (Å²) in [5.41, 5.74) is 6.62. The Balaban J connectivity index is 1.40. The number of carbonyl (C=O) groups excluding carboxylic acids is 1. The second-order valence-electron chi connectivity index (χ2n) is 5.60. The highest BCUT2D eigenvalue weighted by Crippen LogP contribution is 2.28. The van der Waals surface area contributed by atoms with Crippen molar-refractivity contribution in [3.8, 4) is 11.4 Å². The Kier molecular flexibility index (Phi) is 5.64. The number of nitrogens with zero attached hydrogens (tertiary/aromatic N) is 3. The molecule has 0 aliphatic heterocycles. The highest BCUT2D eigenvalue weighted by molar-refractivity contribution is 7.98. The number of anilines is 1. The zero-order valence-electron chi connectivity index (χ0n) is 14.5. The van der Waals surface area contributed by atoms with Crippen LogP contribution in [0.2, 0.25) is 0 Å². The van der Waals surface area contributed by atoms with Gasteiger partial charge >= 0.3 is 6.01 Å². The average molecular weight is 409 g/mol. The highest BCUT2D eigenvalue weighted by atomic mass is 32.2. The van der Waals surface area contributed by atoms with E-state index in [0.717, 1.165) is 16.2 Å². The molecule has 0 saturated heterocycles. The number of hydrogen-bond donors (Lipinski definition) is 2. The molecule has 7 nitrogen and oxygen atoms in total. The van der Waals surface area contributed by atoms with Gasteiger partial charge in [0.1, 0.15) is 0 Å². The monoisotopic (exact) mass is 409 g/mol. The normalized spacial score (nSPS) is 10.6. The summed E-state index contributed by atoms with van der Waals surface area (Å²) < 4.78 is 5.12. The molecule has 0 spiro atoms. The van der Waals surface area contributed by atoms with Gasteiger partial charge in [-0.2, -0.15) is 4.98 Å². The van der Waals surface area contributed by atoms with Gasteiger partial charge in [-0.05, 0) is 35.7 Å². The molecule has 0 atom stereocenters. The van der Waals surface area contributed by atoms with Gasteiger partial charge < -0.3 is 4.52 Å². The van der Waals surface area contributed by atoms with Crippen molar-refractivity contribution in [1.82, 2.24) is 20.6 Å². The average Bonchev–Trinajstić information content (AvgIpc) is 3.43. The molecule has 4 rings (SSSR count). The van der Waals surface area contributed by atoms with E-state index in [1.165, 1.54) is 4.88 Å². The van der Waals surface area contributed by atoms with Gasteiger partial charge in [0.2, 0.25) is 5.82 Å². The minimum Gasteiger partial charge on any atom is -0.313 e. The molecule has 0 aliphatic rings. The minimum absolute atomic E-state index is 0.101. The summed E-state index contributed by atoms with van der Waals surface area (Å²) in [6.45, 7) is 0. The summed E-state index contributed by atoms with van der Waals surface area (Å²) in [4.78, 5) is 22.9. The number of aromatic nitrogens is 3. The Morgan fingerprint density at radius 1 is 1.11 bits per heavy atom. The SMILES string of the molecule is O=C(NNc1nc(-c2ccncc2)no1)c1ccccc1SCc1cccs1. The molecule has 9 heteroatoms. The van der Waals surface area contributed by atoms with Crippen LogP contribution in [-0.2, 0) is 5.75 Å². The minimum atomic E-state index is -0.280. The Morgan fingerprint density at radius 3 is 2.79 bits per heavy atom. The predicted molar refractivity (Wildman–Crippen MR) is 109 cm³/mol. The van der Waals surface area contributed by atoms with Gasteiger partial charge in [0, 0.05) is 33.5 Å². The first-order valence-electron chi connectivity index (χ1n) is 8.34. The van der Waals surface area contributed by atoms with Crippen LogP contribution in [0.15, 0.2) is 75.7 Å². The summed E-state index contributed by atoms with van der Waals surface area (Å²) in [5.74, 6) is 0.943. The first kappa shape index (κ1) is 18.2. The Labute approximate surface area is 169 Å². The first-order chi connectivity index (χ1) is 13.8. The molecule has 28 heavy (non-hydrogen) atoms. The van der Waals surface area contributed by atoms with Gasteiger partial charge in [0.25, 0.3) is 5.91 Å². The van der Waals surface area contributed by atoms with E-state index in [0.29, 0.717) is 11.4 Å². The van der Waals surface area contributed by atoms with Crippen molar-refractivity contribution >= 4 is 35.0 Å². The van der Waals surface area contributed by atoms with Crippen LogP contribution in [0.5, 0.6) is 0 Å². The Bertz CT molecular complexity index is 1050. The summed E-state index contributed by atoms with van der Waals surface area (Å²) in [6.07, 6.45) is 3.29. The maximum absolute atomic E-state index is 12.6. The molecule has 0 unspecified atom stereocenters. The van der Waals surface area contributed by atoms with Crippen LogP contribution in [0.3, 0.4) is 0 Å². The molecule has 0 saturated carbocycles. The molecule has 3 aromatic heterocycles. The fourth-order valence-corrected chi connectivity index (χ4v) is 4.22. The van der Waals surface area contributed by atoms with Crippen molar-refractivity contribution in [2.75, 3.05) is 5.43 Å². The Hall–Kier alpha value is -3.17. The molecule has 0 bridgehead atoms. The lowest BCUT2D eigenvalue weighted by molar-refractivity contribution is 0.0958. The highest BCUT2D eigenvalue weighted by Gasteiger charge is 2.13. The molecule has 0 aliphatic carbocycles. The molecule has 3 heterocycles. The molecule has 140 valence electrons. The van der Waals surface area contributed by atoms with E-state index in [9.17, 15) is 4.79 Å². The first-order valence-corrected chi connectivity index (χ1v) is 10.2. The van der Waals surface area contributed by atoms with E-state index in [1.807, 2.05) is 29.6 Å². The van der Waals surface area contributed by atoms with E-state index in [1.54, 1.807) is 53.7 Å². The van der Waals surface area contributed by atoms with E-state index < -0.39 is 0 Å². The third-order valence-corrected chi connectivity index (χ3v) is 5.91. The zero-order chi connectivity index (χ0) is 19.2. The lowest BCUT2D eigenvalue weighted by Crippen LogP contribution is -2.29. The van der Waals surface area contributed by atoms with Crippen LogP contribution >= 0.6 is 23.1 Å². The third kappa shape index (κ3) is 4.38. The van der Waals surface area contributed by atoms with Crippen LogP contribution < -0.4 is 10.9 Å². The zero-order valence-corrected chi connectivity index (χ0v) is 16.2. The van der Waals surface area contributed by atoms with Crippen LogP contribution in [0.4, 0.5) is 6.01 Å². The van der Waals surface area contributed by atoms with Crippen molar-refractivity contribution in [3.05, 3.63) is 76.7 Å².